The number of anilines is 1. The molecule has 1 aliphatic heterocycles. The Hall–Kier alpha value is -2.57. The number of hydrogen-bond donors (Lipinski definition) is 2. The summed E-state index contributed by atoms with van der Waals surface area (Å²) in [5, 5.41) is 16.6. The molecule has 1 fully saturated rings. The molecule has 1 aliphatic rings. The first kappa shape index (κ1) is 16.9. The van der Waals surface area contributed by atoms with Gasteiger partial charge in [0.15, 0.2) is 11.3 Å². The summed E-state index contributed by atoms with van der Waals surface area (Å²) in [6.07, 6.45) is -0.884. The van der Waals surface area contributed by atoms with Gasteiger partial charge in [0.2, 0.25) is 5.95 Å². The van der Waals surface area contributed by atoms with Crippen molar-refractivity contribution in [3.8, 4) is 6.07 Å². The predicted octanol–water partition coefficient (Wildman–Crippen LogP) is 2.39. The maximum Gasteiger partial charge on any atom is 0.228 e. The number of fused-ring (bicyclic) bond motifs is 1. The van der Waals surface area contributed by atoms with Crippen LogP contribution in [-0.2, 0) is 5.54 Å². The van der Waals surface area contributed by atoms with Crippen molar-refractivity contribution in [2.24, 2.45) is 5.73 Å². The highest BCUT2D eigenvalue weighted by atomic mass is 79.9. The highest BCUT2D eigenvalue weighted by Gasteiger charge is 2.42. The lowest BCUT2D eigenvalue weighted by molar-refractivity contribution is 0.158. The third-order valence-electron chi connectivity index (χ3n) is 4.80. The Morgan fingerprint density at radius 3 is 2.81 bits per heavy atom. The molecule has 2 atom stereocenters. The van der Waals surface area contributed by atoms with Gasteiger partial charge in [0.25, 0.3) is 0 Å². The van der Waals surface area contributed by atoms with Crippen molar-refractivity contribution in [3.05, 3.63) is 46.2 Å². The van der Waals surface area contributed by atoms with Crippen molar-refractivity contribution in [2.75, 3.05) is 18.0 Å². The van der Waals surface area contributed by atoms with Gasteiger partial charge in [-0.1, -0.05) is 30.3 Å². The van der Waals surface area contributed by atoms with Crippen molar-refractivity contribution in [1.29, 1.82) is 5.26 Å². The first-order chi connectivity index (χ1) is 12.5. The molecule has 3 heterocycles. The van der Waals surface area contributed by atoms with Crippen LogP contribution in [0, 0.1) is 11.3 Å². The molecule has 26 heavy (non-hydrogen) atoms. The Kier molecular flexibility index (Phi) is 4.09. The van der Waals surface area contributed by atoms with E-state index in [1.54, 1.807) is 4.90 Å². The van der Waals surface area contributed by atoms with Gasteiger partial charge in [-0.15, -0.1) is 0 Å². The molecule has 1 aromatic carbocycles. The average Bonchev–Trinajstić information content (AvgIpc) is 3.05. The van der Waals surface area contributed by atoms with Gasteiger partial charge in [0, 0.05) is 6.54 Å². The van der Waals surface area contributed by atoms with Crippen molar-refractivity contribution in [3.63, 3.8) is 0 Å². The van der Waals surface area contributed by atoms with Gasteiger partial charge >= 0.3 is 0 Å². The molecule has 132 valence electrons. The van der Waals surface area contributed by atoms with Crippen LogP contribution in [0.2, 0.25) is 0 Å². The second-order valence-corrected chi connectivity index (χ2v) is 7.04. The third-order valence-corrected chi connectivity index (χ3v) is 5.37. The van der Waals surface area contributed by atoms with E-state index in [9.17, 15) is 5.26 Å². The van der Waals surface area contributed by atoms with Gasteiger partial charge in [-0.25, -0.2) is 9.37 Å². The smallest absolute Gasteiger partial charge is 0.228 e. The second kappa shape index (κ2) is 6.30. The van der Waals surface area contributed by atoms with Crippen LogP contribution in [0.3, 0.4) is 0 Å². The SMILES string of the molecule is N#Cc1nc(N2CCC(N)(c3ccccc3)C(F)C2)nc2[nH]nc(Br)c12. The van der Waals surface area contributed by atoms with Crippen LogP contribution in [-0.4, -0.2) is 39.4 Å². The molecule has 0 radical (unpaired) electrons. The van der Waals surface area contributed by atoms with E-state index in [-0.39, 0.29) is 12.2 Å². The molecule has 0 saturated carbocycles. The normalized spacial score (nSPS) is 23.2. The van der Waals surface area contributed by atoms with Crippen LogP contribution in [0.25, 0.3) is 11.0 Å². The Morgan fingerprint density at radius 1 is 1.35 bits per heavy atom. The van der Waals surface area contributed by atoms with E-state index < -0.39 is 11.7 Å². The third kappa shape index (κ3) is 2.62. The van der Waals surface area contributed by atoms with Crippen LogP contribution in [0.4, 0.5) is 10.3 Å². The molecule has 0 spiro atoms. The Labute approximate surface area is 157 Å². The standard InChI is InChI=1S/C17H15BrFN7/c18-14-13-11(8-20)22-16(23-15(13)25-24-14)26-7-6-17(21,12(19)9-26)10-4-2-1-3-5-10/h1-5,12H,6-7,9,21H2,(H,22,23,24,25). The number of nitriles is 1. The van der Waals surface area contributed by atoms with E-state index in [2.05, 4.69) is 36.1 Å². The van der Waals surface area contributed by atoms with E-state index in [4.69, 9.17) is 5.73 Å². The van der Waals surface area contributed by atoms with Gasteiger partial charge in [-0.3, -0.25) is 5.10 Å². The molecule has 3 aromatic rings. The molecular weight excluding hydrogens is 401 g/mol. The van der Waals surface area contributed by atoms with Gasteiger partial charge in [-0.2, -0.15) is 15.3 Å². The minimum atomic E-state index is -1.29. The average molecular weight is 416 g/mol. The van der Waals surface area contributed by atoms with Crippen molar-refractivity contribution >= 4 is 32.9 Å². The van der Waals surface area contributed by atoms with Crippen LogP contribution in [0.5, 0.6) is 0 Å². The van der Waals surface area contributed by atoms with E-state index in [1.165, 1.54) is 0 Å². The van der Waals surface area contributed by atoms with E-state index in [0.29, 0.717) is 34.6 Å². The zero-order valence-corrected chi connectivity index (χ0v) is 15.2. The van der Waals surface area contributed by atoms with Crippen molar-refractivity contribution in [2.45, 2.75) is 18.1 Å². The number of hydrogen-bond acceptors (Lipinski definition) is 6. The number of benzene rings is 1. The maximum atomic E-state index is 15.0. The van der Waals surface area contributed by atoms with E-state index >= 15 is 4.39 Å². The minimum Gasteiger partial charge on any atom is -0.338 e. The van der Waals surface area contributed by atoms with Crippen LogP contribution in [0.15, 0.2) is 34.9 Å². The first-order valence-electron chi connectivity index (χ1n) is 8.08. The zero-order valence-electron chi connectivity index (χ0n) is 13.7. The molecule has 7 nitrogen and oxygen atoms in total. The first-order valence-corrected chi connectivity index (χ1v) is 8.87. The minimum absolute atomic E-state index is 0.0527. The highest BCUT2D eigenvalue weighted by Crippen LogP contribution is 2.34. The number of halogens is 2. The molecule has 2 aromatic heterocycles. The molecule has 2 unspecified atom stereocenters. The molecule has 0 bridgehead atoms. The molecule has 1 saturated heterocycles. The van der Waals surface area contributed by atoms with Gasteiger partial charge in [0.1, 0.15) is 16.8 Å². The van der Waals surface area contributed by atoms with Crippen LogP contribution in [0.1, 0.15) is 17.7 Å². The number of aromatic amines is 1. The number of nitrogens with two attached hydrogens (primary N) is 1. The number of nitrogens with zero attached hydrogens (tertiary/aromatic N) is 5. The zero-order chi connectivity index (χ0) is 18.3. The van der Waals surface area contributed by atoms with E-state index in [0.717, 1.165) is 5.56 Å². The summed E-state index contributed by atoms with van der Waals surface area (Å²) in [7, 11) is 0. The number of piperidine rings is 1. The summed E-state index contributed by atoms with van der Waals surface area (Å²) in [4.78, 5) is 10.4. The number of H-pyrrole nitrogens is 1. The summed E-state index contributed by atoms with van der Waals surface area (Å²) in [5.41, 5.74) is 6.75. The van der Waals surface area contributed by atoms with Gasteiger partial charge in [0.05, 0.1) is 17.5 Å². The fourth-order valence-corrected chi connectivity index (χ4v) is 3.75. The summed E-state index contributed by atoms with van der Waals surface area (Å²) in [6.45, 7) is 0.536. The van der Waals surface area contributed by atoms with Crippen LogP contribution >= 0.6 is 15.9 Å². The van der Waals surface area contributed by atoms with E-state index in [1.807, 2.05) is 36.4 Å². The highest BCUT2D eigenvalue weighted by molar-refractivity contribution is 9.10. The topological polar surface area (TPSA) is 108 Å². The Balaban J connectivity index is 1.66. The molecule has 3 N–H and O–H groups in total. The number of aromatic nitrogens is 4. The quantitative estimate of drug-likeness (QED) is 0.665. The maximum absolute atomic E-state index is 15.0. The van der Waals surface area contributed by atoms with Crippen LogP contribution < -0.4 is 10.6 Å². The molecule has 9 heteroatoms. The molecule has 4 rings (SSSR count). The lowest BCUT2D eigenvalue weighted by atomic mass is 9.80. The largest absolute Gasteiger partial charge is 0.338 e. The Morgan fingerprint density at radius 2 is 2.12 bits per heavy atom. The Bertz CT molecular complexity index is 1000. The summed E-state index contributed by atoms with van der Waals surface area (Å²) < 4.78 is 15.5. The van der Waals surface area contributed by atoms with Crippen molar-refractivity contribution in [1.82, 2.24) is 20.2 Å². The lowest BCUT2D eigenvalue weighted by Crippen LogP contribution is -2.57. The fourth-order valence-electron chi connectivity index (χ4n) is 3.29. The number of nitrogens with one attached hydrogen (secondary N) is 1. The molecular formula is C17H15BrFN7. The van der Waals surface area contributed by atoms with Gasteiger partial charge in [-0.05, 0) is 27.9 Å². The summed E-state index contributed by atoms with van der Waals surface area (Å²) in [6, 6.07) is 11.3. The monoisotopic (exact) mass is 415 g/mol. The van der Waals surface area contributed by atoms with Crippen molar-refractivity contribution < 1.29 is 4.39 Å². The summed E-state index contributed by atoms with van der Waals surface area (Å²) in [5.74, 6) is 0.294. The number of alkyl halides is 1. The lowest BCUT2D eigenvalue weighted by Gasteiger charge is -2.42. The second-order valence-electron chi connectivity index (χ2n) is 6.29. The predicted molar refractivity (Wildman–Crippen MR) is 98.1 cm³/mol. The fraction of sp³-hybridized carbons (Fsp3) is 0.294. The number of rotatable bonds is 2. The molecule has 0 amide bonds. The van der Waals surface area contributed by atoms with Gasteiger partial charge < -0.3 is 10.6 Å². The molecule has 0 aliphatic carbocycles. The summed E-state index contributed by atoms with van der Waals surface area (Å²) >= 11 is 3.27.